The van der Waals surface area contributed by atoms with Gasteiger partial charge in [0, 0.05) is 23.1 Å². The lowest BCUT2D eigenvalue weighted by Gasteiger charge is -2.26. The minimum absolute atomic E-state index is 0.288. The number of rotatable bonds is 4. The number of hydrogen-bond acceptors (Lipinski definition) is 1. The van der Waals surface area contributed by atoms with Gasteiger partial charge in [-0.05, 0) is 31.2 Å². The highest BCUT2D eigenvalue weighted by Gasteiger charge is 2.16. The summed E-state index contributed by atoms with van der Waals surface area (Å²) in [6.45, 7) is 2.47. The Morgan fingerprint density at radius 3 is 2.21 bits per heavy atom. The lowest BCUT2D eigenvalue weighted by atomic mass is 10.1. The molecule has 100 valence electrons. The number of para-hydroxylation sites is 1. The van der Waals surface area contributed by atoms with E-state index in [-0.39, 0.29) is 11.6 Å². The Labute approximate surface area is 120 Å². The normalized spacial score (nSPS) is 10.5. The highest BCUT2D eigenvalue weighted by Crippen LogP contribution is 2.32. The largest absolute Gasteiger partial charge is 0.339 e. The van der Waals surface area contributed by atoms with Crippen LogP contribution in [-0.2, 0) is 5.33 Å². The van der Waals surface area contributed by atoms with Crippen LogP contribution in [0.15, 0.2) is 42.5 Å². The van der Waals surface area contributed by atoms with Gasteiger partial charge in [-0.2, -0.15) is 0 Å². The van der Waals surface area contributed by atoms with Gasteiger partial charge in [-0.1, -0.05) is 34.1 Å². The molecule has 0 saturated heterocycles. The first kappa shape index (κ1) is 14.0. The summed E-state index contributed by atoms with van der Waals surface area (Å²) >= 11 is 3.29. The van der Waals surface area contributed by atoms with Gasteiger partial charge in [-0.15, -0.1) is 0 Å². The van der Waals surface area contributed by atoms with E-state index in [1.54, 1.807) is 35.2 Å². The molecule has 0 unspecified atom stereocenters. The molecule has 0 heterocycles. The second-order valence-electron chi connectivity index (χ2n) is 4.07. The number of halogens is 3. The first-order valence-electron chi connectivity index (χ1n) is 6.04. The topological polar surface area (TPSA) is 3.24 Å². The van der Waals surface area contributed by atoms with Gasteiger partial charge in [0.1, 0.15) is 11.6 Å². The van der Waals surface area contributed by atoms with Crippen LogP contribution in [0.2, 0.25) is 0 Å². The fourth-order valence-corrected chi connectivity index (χ4v) is 2.63. The van der Waals surface area contributed by atoms with Crippen LogP contribution in [0.1, 0.15) is 12.5 Å². The summed E-state index contributed by atoms with van der Waals surface area (Å²) < 4.78 is 27.7. The molecule has 0 fully saturated rings. The van der Waals surface area contributed by atoms with Crippen LogP contribution in [0, 0.1) is 11.6 Å². The molecule has 1 nitrogen and oxygen atoms in total. The maximum absolute atomic E-state index is 13.9. The zero-order valence-electron chi connectivity index (χ0n) is 10.5. The third kappa shape index (κ3) is 2.78. The Hall–Kier alpha value is -1.42. The van der Waals surface area contributed by atoms with Crippen molar-refractivity contribution in [2.75, 3.05) is 11.4 Å². The summed E-state index contributed by atoms with van der Waals surface area (Å²) in [6.07, 6.45) is 0. The van der Waals surface area contributed by atoms with Crippen LogP contribution in [0.3, 0.4) is 0 Å². The van der Waals surface area contributed by atoms with Crippen molar-refractivity contribution < 1.29 is 8.78 Å². The minimum atomic E-state index is -0.311. The predicted octanol–water partition coefficient (Wildman–Crippen LogP) is 5.02. The maximum Gasteiger partial charge on any atom is 0.146 e. The number of alkyl halides is 1. The first-order valence-corrected chi connectivity index (χ1v) is 7.16. The summed E-state index contributed by atoms with van der Waals surface area (Å²) in [4.78, 5) is 1.77. The molecule has 0 aliphatic heterocycles. The molecule has 0 aliphatic rings. The van der Waals surface area contributed by atoms with E-state index in [1.807, 2.05) is 6.92 Å². The molecule has 2 aromatic carbocycles. The van der Waals surface area contributed by atoms with Crippen molar-refractivity contribution in [3.8, 4) is 0 Å². The third-order valence-corrected chi connectivity index (χ3v) is 3.54. The molecule has 0 bridgehead atoms. The van der Waals surface area contributed by atoms with Gasteiger partial charge in [0.25, 0.3) is 0 Å². The molecule has 2 rings (SSSR count). The number of hydrogen-bond donors (Lipinski definition) is 0. The van der Waals surface area contributed by atoms with Gasteiger partial charge in [0.15, 0.2) is 0 Å². The second-order valence-corrected chi connectivity index (χ2v) is 4.63. The molecule has 0 atom stereocenters. The molecule has 0 aliphatic carbocycles. The molecule has 19 heavy (non-hydrogen) atoms. The first-order chi connectivity index (χ1) is 9.19. The van der Waals surface area contributed by atoms with E-state index < -0.39 is 0 Å². The number of anilines is 2. The standard InChI is InChI=1S/C15H14BrF2N/c1-2-19(15-8-4-3-6-13(15)18)14-9-5-7-12(17)11(14)10-16/h3-9H,2,10H2,1H3. The Morgan fingerprint density at radius 2 is 1.58 bits per heavy atom. The predicted molar refractivity (Wildman–Crippen MR) is 78.1 cm³/mol. The highest BCUT2D eigenvalue weighted by molar-refractivity contribution is 9.08. The summed E-state index contributed by atoms with van der Waals surface area (Å²) in [7, 11) is 0. The Bertz CT molecular complexity index is 572. The van der Waals surface area contributed by atoms with Crippen LogP contribution >= 0.6 is 15.9 Å². The number of nitrogens with zero attached hydrogens (tertiary/aromatic N) is 1. The van der Waals surface area contributed by atoms with Crippen molar-refractivity contribution in [1.29, 1.82) is 0 Å². The molecule has 0 N–H and O–H groups in total. The van der Waals surface area contributed by atoms with E-state index in [2.05, 4.69) is 15.9 Å². The molecule has 0 amide bonds. The quantitative estimate of drug-likeness (QED) is 0.713. The van der Waals surface area contributed by atoms with E-state index in [9.17, 15) is 8.78 Å². The maximum atomic E-state index is 13.9. The zero-order chi connectivity index (χ0) is 13.8. The second kappa shape index (κ2) is 6.15. The lowest BCUT2D eigenvalue weighted by molar-refractivity contribution is 0.614. The van der Waals surface area contributed by atoms with Crippen molar-refractivity contribution in [2.45, 2.75) is 12.3 Å². The van der Waals surface area contributed by atoms with Crippen LogP contribution in [0.25, 0.3) is 0 Å². The summed E-state index contributed by atoms with van der Waals surface area (Å²) in [5.74, 6) is -0.599. The minimum Gasteiger partial charge on any atom is -0.339 e. The van der Waals surface area contributed by atoms with Gasteiger partial charge in [0.2, 0.25) is 0 Å². The van der Waals surface area contributed by atoms with Crippen LogP contribution in [-0.4, -0.2) is 6.54 Å². The van der Waals surface area contributed by atoms with Crippen LogP contribution in [0.5, 0.6) is 0 Å². The Balaban J connectivity index is 2.55. The van der Waals surface area contributed by atoms with Gasteiger partial charge < -0.3 is 4.90 Å². The van der Waals surface area contributed by atoms with E-state index in [0.29, 0.717) is 28.8 Å². The molecule has 0 spiro atoms. The average molecular weight is 326 g/mol. The molecule has 0 saturated carbocycles. The fourth-order valence-electron chi connectivity index (χ4n) is 2.07. The van der Waals surface area contributed by atoms with Crippen LogP contribution in [0.4, 0.5) is 20.2 Å². The smallest absolute Gasteiger partial charge is 0.146 e. The fraction of sp³-hybridized carbons (Fsp3) is 0.200. The lowest BCUT2D eigenvalue weighted by Crippen LogP contribution is -2.19. The third-order valence-electron chi connectivity index (χ3n) is 2.98. The van der Waals surface area contributed by atoms with Gasteiger partial charge >= 0.3 is 0 Å². The van der Waals surface area contributed by atoms with E-state index in [1.165, 1.54) is 12.1 Å². The molecular formula is C15H14BrF2N. The van der Waals surface area contributed by atoms with Gasteiger partial charge in [-0.3, -0.25) is 0 Å². The summed E-state index contributed by atoms with van der Waals surface area (Å²) in [5, 5.41) is 0.389. The molecule has 2 aromatic rings. The van der Waals surface area contributed by atoms with Crippen molar-refractivity contribution in [2.24, 2.45) is 0 Å². The van der Waals surface area contributed by atoms with Crippen molar-refractivity contribution >= 4 is 27.3 Å². The average Bonchev–Trinajstić information content (AvgIpc) is 2.42. The summed E-state index contributed by atoms with van der Waals surface area (Å²) in [6, 6.07) is 11.4. The molecule has 0 aromatic heterocycles. The number of benzene rings is 2. The van der Waals surface area contributed by atoms with Gasteiger partial charge in [-0.25, -0.2) is 8.78 Å². The zero-order valence-corrected chi connectivity index (χ0v) is 12.1. The van der Waals surface area contributed by atoms with Crippen molar-refractivity contribution in [3.63, 3.8) is 0 Å². The van der Waals surface area contributed by atoms with Crippen LogP contribution < -0.4 is 4.90 Å². The van der Waals surface area contributed by atoms with E-state index in [4.69, 9.17) is 0 Å². The SMILES string of the molecule is CCN(c1ccccc1F)c1cccc(F)c1CBr. The van der Waals surface area contributed by atoms with E-state index >= 15 is 0 Å². The Kier molecular flexibility index (Phi) is 4.53. The highest BCUT2D eigenvalue weighted by atomic mass is 79.9. The summed E-state index contributed by atoms with van der Waals surface area (Å²) in [5.41, 5.74) is 1.68. The monoisotopic (exact) mass is 325 g/mol. The molecule has 0 radical (unpaired) electrons. The molecular weight excluding hydrogens is 312 g/mol. The Morgan fingerprint density at radius 1 is 0.947 bits per heavy atom. The van der Waals surface area contributed by atoms with Crippen molar-refractivity contribution in [1.82, 2.24) is 0 Å². The van der Waals surface area contributed by atoms with Gasteiger partial charge in [0.05, 0.1) is 5.69 Å². The molecule has 4 heteroatoms. The van der Waals surface area contributed by atoms with Crippen molar-refractivity contribution in [3.05, 3.63) is 59.7 Å². The van der Waals surface area contributed by atoms with E-state index in [0.717, 1.165) is 0 Å².